The van der Waals surface area contributed by atoms with Gasteiger partial charge in [0, 0.05) is 11.3 Å². The molecule has 1 N–H and O–H groups in total. The molecule has 0 aromatic heterocycles. The fourth-order valence-electron chi connectivity index (χ4n) is 2.56. The van der Waals surface area contributed by atoms with E-state index in [4.69, 9.17) is 4.74 Å². The van der Waals surface area contributed by atoms with Crippen molar-refractivity contribution in [1.29, 1.82) is 0 Å². The van der Waals surface area contributed by atoms with Gasteiger partial charge in [-0.25, -0.2) is 0 Å². The van der Waals surface area contributed by atoms with Gasteiger partial charge in [0.05, 0.1) is 6.42 Å². The average Bonchev–Trinajstić information content (AvgIpc) is 2.69. The summed E-state index contributed by atoms with van der Waals surface area (Å²) in [6, 6.07) is 24.1. The predicted octanol–water partition coefficient (Wildman–Crippen LogP) is 4.53. The molecule has 27 heavy (non-hydrogen) atoms. The summed E-state index contributed by atoms with van der Waals surface area (Å²) in [4.78, 5) is 24.2. The van der Waals surface area contributed by atoms with Crippen molar-refractivity contribution in [2.75, 3.05) is 5.32 Å². The molecular weight excluding hydrogens is 338 g/mol. The molecule has 0 radical (unpaired) electrons. The van der Waals surface area contributed by atoms with Gasteiger partial charge in [-0.3, -0.25) is 9.59 Å². The average molecular weight is 359 g/mol. The second kappa shape index (κ2) is 8.81. The van der Waals surface area contributed by atoms with E-state index < -0.39 is 0 Å². The van der Waals surface area contributed by atoms with Crippen molar-refractivity contribution < 1.29 is 14.3 Å². The van der Waals surface area contributed by atoms with Gasteiger partial charge in [0.2, 0.25) is 0 Å². The van der Waals surface area contributed by atoms with E-state index in [9.17, 15) is 9.59 Å². The molecule has 0 aliphatic heterocycles. The van der Waals surface area contributed by atoms with Gasteiger partial charge in [0.1, 0.15) is 6.61 Å². The first-order valence-electron chi connectivity index (χ1n) is 8.77. The van der Waals surface area contributed by atoms with E-state index >= 15 is 0 Å². The SMILES string of the molecule is Cc1ccc(CC(=O)OCc2ccc(C(=O)Nc3ccccc3)cc2)cc1. The van der Waals surface area contributed by atoms with Crippen molar-refractivity contribution in [2.45, 2.75) is 20.0 Å². The lowest BCUT2D eigenvalue weighted by molar-refractivity contribution is -0.144. The van der Waals surface area contributed by atoms with E-state index in [0.717, 1.165) is 22.4 Å². The Balaban J connectivity index is 1.50. The van der Waals surface area contributed by atoms with E-state index in [1.807, 2.05) is 61.5 Å². The quantitative estimate of drug-likeness (QED) is 0.658. The number of nitrogens with one attached hydrogen (secondary N) is 1. The zero-order chi connectivity index (χ0) is 19.1. The smallest absolute Gasteiger partial charge is 0.310 e. The van der Waals surface area contributed by atoms with E-state index in [-0.39, 0.29) is 24.9 Å². The van der Waals surface area contributed by atoms with Crippen molar-refractivity contribution in [3.05, 3.63) is 101 Å². The number of hydrogen-bond acceptors (Lipinski definition) is 3. The summed E-state index contributed by atoms with van der Waals surface area (Å²) >= 11 is 0. The van der Waals surface area contributed by atoms with Crippen LogP contribution < -0.4 is 5.32 Å². The molecule has 0 aliphatic rings. The minimum Gasteiger partial charge on any atom is -0.461 e. The van der Waals surface area contributed by atoms with E-state index in [0.29, 0.717) is 5.56 Å². The van der Waals surface area contributed by atoms with Gasteiger partial charge in [0.15, 0.2) is 0 Å². The van der Waals surface area contributed by atoms with Gasteiger partial charge in [0.25, 0.3) is 5.91 Å². The molecule has 0 saturated heterocycles. The number of ether oxygens (including phenoxy) is 1. The van der Waals surface area contributed by atoms with Crippen molar-refractivity contribution in [1.82, 2.24) is 0 Å². The number of hydrogen-bond donors (Lipinski definition) is 1. The van der Waals surface area contributed by atoms with Gasteiger partial charge < -0.3 is 10.1 Å². The summed E-state index contributed by atoms with van der Waals surface area (Å²) in [5.41, 5.74) is 4.22. The fraction of sp³-hybridized carbons (Fsp3) is 0.130. The molecule has 0 heterocycles. The number of carbonyl (C=O) groups excluding carboxylic acids is 2. The van der Waals surface area contributed by atoms with Crippen LogP contribution >= 0.6 is 0 Å². The van der Waals surface area contributed by atoms with Crippen molar-refractivity contribution >= 4 is 17.6 Å². The Kier molecular flexibility index (Phi) is 6.00. The first kappa shape index (κ1) is 18.4. The fourth-order valence-corrected chi connectivity index (χ4v) is 2.56. The molecule has 3 aromatic rings. The maximum Gasteiger partial charge on any atom is 0.310 e. The van der Waals surface area contributed by atoms with E-state index in [2.05, 4.69) is 5.32 Å². The van der Waals surface area contributed by atoms with Gasteiger partial charge in [-0.15, -0.1) is 0 Å². The number of amides is 1. The predicted molar refractivity (Wildman–Crippen MR) is 106 cm³/mol. The van der Waals surface area contributed by atoms with Crippen LogP contribution in [0.15, 0.2) is 78.9 Å². The highest BCUT2D eigenvalue weighted by atomic mass is 16.5. The minimum absolute atomic E-state index is 0.177. The van der Waals surface area contributed by atoms with E-state index in [1.54, 1.807) is 24.3 Å². The Bertz CT molecular complexity index is 901. The first-order valence-corrected chi connectivity index (χ1v) is 8.77. The molecule has 1 amide bonds. The maximum atomic E-state index is 12.2. The molecule has 4 heteroatoms. The maximum absolute atomic E-state index is 12.2. The van der Waals surface area contributed by atoms with Crippen LogP contribution in [0, 0.1) is 6.92 Å². The second-order valence-electron chi connectivity index (χ2n) is 6.34. The summed E-state index contributed by atoms with van der Waals surface area (Å²) in [7, 11) is 0. The number of carbonyl (C=O) groups is 2. The number of benzene rings is 3. The van der Waals surface area contributed by atoms with Crippen molar-refractivity contribution in [3.8, 4) is 0 Å². The van der Waals surface area contributed by atoms with Crippen LogP contribution in [0.4, 0.5) is 5.69 Å². The van der Waals surface area contributed by atoms with Crippen LogP contribution in [0.5, 0.6) is 0 Å². The highest BCUT2D eigenvalue weighted by molar-refractivity contribution is 6.04. The molecule has 0 spiro atoms. The molecule has 0 atom stereocenters. The van der Waals surface area contributed by atoms with Crippen LogP contribution in [0.3, 0.4) is 0 Å². The minimum atomic E-state index is -0.273. The summed E-state index contributed by atoms with van der Waals surface area (Å²) in [6.07, 6.45) is 0.248. The second-order valence-corrected chi connectivity index (χ2v) is 6.34. The number of esters is 1. The third-order valence-corrected chi connectivity index (χ3v) is 4.12. The molecule has 4 nitrogen and oxygen atoms in total. The van der Waals surface area contributed by atoms with Gasteiger partial charge >= 0.3 is 5.97 Å². The van der Waals surface area contributed by atoms with Crippen LogP contribution in [0.2, 0.25) is 0 Å². The number of anilines is 1. The van der Waals surface area contributed by atoms with Crippen LogP contribution in [-0.2, 0) is 22.6 Å². The Morgan fingerprint density at radius 3 is 2.11 bits per heavy atom. The van der Waals surface area contributed by atoms with Crippen LogP contribution in [-0.4, -0.2) is 11.9 Å². The normalized spacial score (nSPS) is 10.3. The first-order chi connectivity index (χ1) is 13.1. The lowest BCUT2D eigenvalue weighted by Gasteiger charge is -2.07. The zero-order valence-corrected chi connectivity index (χ0v) is 15.1. The Morgan fingerprint density at radius 1 is 0.815 bits per heavy atom. The topological polar surface area (TPSA) is 55.4 Å². The van der Waals surface area contributed by atoms with Crippen LogP contribution in [0.25, 0.3) is 0 Å². The lowest BCUT2D eigenvalue weighted by atomic mass is 10.1. The largest absolute Gasteiger partial charge is 0.461 e. The highest BCUT2D eigenvalue weighted by Crippen LogP contribution is 2.11. The third-order valence-electron chi connectivity index (χ3n) is 4.12. The van der Waals surface area contributed by atoms with E-state index in [1.165, 1.54) is 0 Å². The molecular formula is C23H21NO3. The molecule has 0 aliphatic carbocycles. The highest BCUT2D eigenvalue weighted by Gasteiger charge is 2.08. The van der Waals surface area contributed by atoms with Gasteiger partial charge in [-0.05, 0) is 42.3 Å². The molecule has 0 fully saturated rings. The molecule has 3 rings (SSSR count). The summed E-state index contributed by atoms with van der Waals surface area (Å²) in [5, 5.41) is 2.83. The van der Waals surface area contributed by atoms with Crippen molar-refractivity contribution in [3.63, 3.8) is 0 Å². The van der Waals surface area contributed by atoms with Gasteiger partial charge in [-0.2, -0.15) is 0 Å². The number of para-hydroxylation sites is 1. The van der Waals surface area contributed by atoms with Gasteiger partial charge in [-0.1, -0.05) is 60.2 Å². The summed E-state index contributed by atoms with van der Waals surface area (Å²) in [6.45, 7) is 2.19. The molecule has 0 saturated carbocycles. The van der Waals surface area contributed by atoms with Crippen molar-refractivity contribution in [2.24, 2.45) is 0 Å². The Morgan fingerprint density at radius 2 is 1.44 bits per heavy atom. The number of aryl methyl sites for hydroxylation is 1. The third kappa shape index (κ3) is 5.54. The molecule has 0 bridgehead atoms. The molecule has 3 aromatic carbocycles. The Hall–Kier alpha value is -3.40. The molecule has 136 valence electrons. The van der Waals surface area contributed by atoms with Crippen LogP contribution in [0.1, 0.15) is 27.0 Å². The zero-order valence-electron chi connectivity index (χ0n) is 15.1. The Labute approximate surface area is 158 Å². The molecule has 0 unspecified atom stereocenters. The summed E-state index contributed by atoms with van der Waals surface area (Å²) in [5.74, 6) is -0.450. The lowest BCUT2D eigenvalue weighted by Crippen LogP contribution is -2.12. The number of rotatable bonds is 6. The monoisotopic (exact) mass is 359 g/mol. The summed E-state index contributed by atoms with van der Waals surface area (Å²) < 4.78 is 5.32. The standard InChI is InChI=1S/C23H21NO3/c1-17-7-9-18(10-8-17)15-22(25)27-16-19-11-13-20(14-12-19)23(26)24-21-5-3-2-4-6-21/h2-14H,15-16H2,1H3,(H,24,26).